The molecule has 3 heterocycles. The number of nitrogen functional groups attached to an aromatic ring is 1. The molecule has 0 bridgehead atoms. The van der Waals surface area contributed by atoms with E-state index >= 15 is 0 Å². The molecule has 4 N–H and O–H groups in total. The molecule has 8 nitrogen and oxygen atoms in total. The summed E-state index contributed by atoms with van der Waals surface area (Å²) in [5.41, 5.74) is 6.66. The molecular formula is C16H16ClN5O3S. The van der Waals surface area contributed by atoms with Gasteiger partial charge < -0.3 is 20.7 Å². The summed E-state index contributed by atoms with van der Waals surface area (Å²) < 4.78 is 7.46. The molecule has 10 heteroatoms. The van der Waals surface area contributed by atoms with E-state index < -0.39 is 24.5 Å². The molecular weight excluding hydrogens is 378 g/mol. The number of aliphatic hydroxyl groups excluding tert-OH is 2. The third-order valence-corrected chi connectivity index (χ3v) is 5.58. The van der Waals surface area contributed by atoms with Crippen LogP contribution in [0.2, 0.25) is 5.02 Å². The van der Waals surface area contributed by atoms with Crippen molar-refractivity contribution in [3.63, 3.8) is 0 Å². The highest BCUT2D eigenvalue weighted by Crippen LogP contribution is 2.34. The normalized spacial score (nSPS) is 25.8. The molecule has 1 fully saturated rings. The van der Waals surface area contributed by atoms with E-state index in [1.807, 2.05) is 12.1 Å². The largest absolute Gasteiger partial charge is 0.387 e. The van der Waals surface area contributed by atoms with Gasteiger partial charge in [0.15, 0.2) is 17.7 Å². The van der Waals surface area contributed by atoms with Crippen LogP contribution in [0.4, 0.5) is 5.82 Å². The van der Waals surface area contributed by atoms with E-state index in [0.29, 0.717) is 21.9 Å². The summed E-state index contributed by atoms with van der Waals surface area (Å²) in [6.45, 7) is 0. The average molecular weight is 394 g/mol. The first-order valence-corrected chi connectivity index (χ1v) is 9.24. The number of rotatable bonds is 4. The number of aliphatic hydroxyl groups is 2. The Morgan fingerprint density at radius 3 is 2.69 bits per heavy atom. The second-order valence-corrected chi connectivity index (χ2v) is 7.42. The summed E-state index contributed by atoms with van der Waals surface area (Å²) in [6, 6.07) is 7.39. The van der Waals surface area contributed by atoms with Gasteiger partial charge in [0, 0.05) is 15.7 Å². The Morgan fingerprint density at radius 1 is 1.15 bits per heavy atom. The number of aromatic nitrogens is 4. The predicted octanol–water partition coefficient (Wildman–Crippen LogP) is 1.47. The highest BCUT2D eigenvalue weighted by molar-refractivity contribution is 7.99. The minimum Gasteiger partial charge on any atom is -0.387 e. The van der Waals surface area contributed by atoms with Gasteiger partial charge in [0.05, 0.1) is 12.4 Å². The lowest BCUT2D eigenvalue weighted by Gasteiger charge is -2.16. The van der Waals surface area contributed by atoms with Crippen LogP contribution in [0.1, 0.15) is 6.23 Å². The lowest BCUT2D eigenvalue weighted by molar-refractivity contribution is -0.0289. The third-order valence-electron chi connectivity index (χ3n) is 4.23. The highest BCUT2D eigenvalue weighted by atomic mass is 35.5. The third kappa shape index (κ3) is 3.12. The van der Waals surface area contributed by atoms with Gasteiger partial charge in [0.25, 0.3) is 0 Å². The number of nitrogens with two attached hydrogens (primary N) is 1. The number of anilines is 1. The van der Waals surface area contributed by atoms with E-state index in [4.69, 9.17) is 22.1 Å². The molecule has 0 radical (unpaired) electrons. The van der Waals surface area contributed by atoms with Crippen LogP contribution in [0.15, 0.2) is 41.8 Å². The molecule has 4 atom stereocenters. The molecule has 0 spiro atoms. The first-order valence-electron chi connectivity index (χ1n) is 7.87. The van der Waals surface area contributed by atoms with E-state index in [1.165, 1.54) is 24.4 Å². The standard InChI is InChI=1S/C16H16ClN5O3S/c17-8-1-3-9(4-2-8)26-5-10-12(23)13(24)16(25-10)22-7-21-11-14(18)19-6-20-15(11)22/h1-4,6-7,10,12-13,16,23-24H,5H2,(H2,18,19,20)/t10-,12-,13-,16-/m1/s1. The van der Waals surface area contributed by atoms with Crippen LogP contribution in [-0.2, 0) is 4.74 Å². The fraction of sp³-hybridized carbons (Fsp3) is 0.312. The monoisotopic (exact) mass is 393 g/mol. The van der Waals surface area contributed by atoms with Crippen LogP contribution in [0, 0.1) is 0 Å². The minimum absolute atomic E-state index is 0.247. The molecule has 1 aromatic carbocycles. The zero-order valence-electron chi connectivity index (χ0n) is 13.4. The van der Waals surface area contributed by atoms with Gasteiger partial charge in [-0.05, 0) is 24.3 Å². The summed E-state index contributed by atoms with van der Waals surface area (Å²) in [5, 5.41) is 21.5. The first kappa shape index (κ1) is 17.5. The molecule has 0 aliphatic carbocycles. The smallest absolute Gasteiger partial charge is 0.167 e. The van der Waals surface area contributed by atoms with Gasteiger partial charge in [0.2, 0.25) is 0 Å². The van der Waals surface area contributed by atoms with Crippen molar-refractivity contribution in [2.24, 2.45) is 0 Å². The number of halogens is 1. The predicted molar refractivity (Wildman–Crippen MR) is 97.8 cm³/mol. The van der Waals surface area contributed by atoms with Gasteiger partial charge in [0.1, 0.15) is 24.1 Å². The topological polar surface area (TPSA) is 119 Å². The second-order valence-electron chi connectivity index (χ2n) is 5.89. The SMILES string of the molecule is Nc1ncnc2c1ncn2[C@@H]1O[C@H](CSc2ccc(Cl)cc2)[C@@H](O)[C@H]1O. The fourth-order valence-electron chi connectivity index (χ4n) is 2.86. The molecule has 0 saturated carbocycles. The maximum absolute atomic E-state index is 10.4. The number of benzene rings is 1. The number of hydrogen-bond donors (Lipinski definition) is 3. The Hall–Kier alpha value is -1.91. The van der Waals surface area contributed by atoms with Crippen molar-refractivity contribution in [2.45, 2.75) is 29.4 Å². The van der Waals surface area contributed by atoms with Crippen molar-refractivity contribution < 1.29 is 14.9 Å². The average Bonchev–Trinajstić information content (AvgIpc) is 3.18. The lowest BCUT2D eigenvalue weighted by Crippen LogP contribution is -2.32. The van der Waals surface area contributed by atoms with Gasteiger partial charge >= 0.3 is 0 Å². The van der Waals surface area contributed by atoms with Crippen molar-refractivity contribution in [1.29, 1.82) is 0 Å². The number of fused-ring (bicyclic) bond motifs is 1. The molecule has 26 heavy (non-hydrogen) atoms. The molecule has 1 aliphatic heterocycles. The molecule has 0 amide bonds. The summed E-state index contributed by atoms with van der Waals surface area (Å²) in [7, 11) is 0. The Bertz CT molecular complexity index is 922. The summed E-state index contributed by atoms with van der Waals surface area (Å²) in [6.07, 6.45) is -0.699. The highest BCUT2D eigenvalue weighted by Gasteiger charge is 2.44. The van der Waals surface area contributed by atoms with E-state index in [-0.39, 0.29) is 5.82 Å². The number of nitrogens with zero attached hydrogens (tertiary/aromatic N) is 4. The molecule has 4 rings (SSSR count). The van der Waals surface area contributed by atoms with Crippen LogP contribution in [0.3, 0.4) is 0 Å². The maximum atomic E-state index is 10.4. The second kappa shape index (κ2) is 7.01. The lowest BCUT2D eigenvalue weighted by atomic mass is 10.1. The Morgan fingerprint density at radius 2 is 1.92 bits per heavy atom. The van der Waals surface area contributed by atoms with Crippen LogP contribution in [0.5, 0.6) is 0 Å². The number of hydrogen-bond acceptors (Lipinski definition) is 8. The van der Waals surface area contributed by atoms with E-state index in [1.54, 1.807) is 16.7 Å². The Kier molecular flexibility index (Phi) is 4.72. The van der Waals surface area contributed by atoms with Crippen molar-refractivity contribution in [1.82, 2.24) is 19.5 Å². The van der Waals surface area contributed by atoms with Gasteiger partial charge in [-0.2, -0.15) is 0 Å². The number of ether oxygens (including phenoxy) is 1. The van der Waals surface area contributed by atoms with Gasteiger partial charge in [-0.25, -0.2) is 15.0 Å². The quantitative estimate of drug-likeness (QED) is 0.570. The molecule has 1 saturated heterocycles. The fourth-order valence-corrected chi connectivity index (χ4v) is 3.95. The van der Waals surface area contributed by atoms with Crippen LogP contribution >= 0.6 is 23.4 Å². The maximum Gasteiger partial charge on any atom is 0.167 e. The zero-order valence-corrected chi connectivity index (χ0v) is 15.0. The van der Waals surface area contributed by atoms with Gasteiger partial charge in [-0.3, -0.25) is 4.57 Å². The van der Waals surface area contributed by atoms with Crippen molar-refractivity contribution >= 4 is 40.3 Å². The summed E-state index contributed by atoms with van der Waals surface area (Å²) in [5.74, 6) is 0.719. The van der Waals surface area contributed by atoms with Crippen LogP contribution < -0.4 is 5.73 Å². The number of imidazole rings is 1. The Balaban J connectivity index is 1.52. The molecule has 2 aromatic heterocycles. The van der Waals surface area contributed by atoms with Crippen molar-refractivity contribution in [3.05, 3.63) is 41.9 Å². The zero-order chi connectivity index (χ0) is 18.3. The molecule has 1 aliphatic rings. The van der Waals surface area contributed by atoms with Crippen LogP contribution in [-0.4, -0.2) is 53.8 Å². The summed E-state index contributed by atoms with van der Waals surface area (Å²) in [4.78, 5) is 13.2. The number of thioether (sulfide) groups is 1. The van der Waals surface area contributed by atoms with Gasteiger partial charge in [-0.1, -0.05) is 11.6 Å². The molecule has 3 aromatic rings. The minimum atomic E-state index is -1.11. The van der Waals surface area contributed by atoms with Crippen molar-refractivity contribution in [2.75, 3.05) is 11.5 Å². The van der Waals surface area contributed by atoms with Gasteiger partial charge in [-0.15, -0.1) is 11.8 Å². The van der Waals surface area contributed by atoms with Crippen molar-refractivity contribution in [3.8, 4) is 0 Å². The van der Waals surface area contributed by atoms with E-state index in [0.717, 1.165) is 4.90 Å². The van der Waals surface area contributed by atoms with E-state index in [9.17, 15) is 10.2 Å². The first-order chi connectivity index (χ1) is 12.5. The molecule has 0 unspecified atom stereocenters. The molecule has 136 valence electrons. The van der Waals surface area contributed by atoms with Crippen LogP contribution in [0.25, 0.3) is 11.2 Å². The Labute approximate surface area is 158 Å². The summed E-state index contributed by atoms with van der Waals surface area (Å²) >= 11 is 7.39. The van der Waals surface area contributed by atoms with E-state index in [2.05, 4.69) is 15.0 Å².